The quantitative estimate of drug-likeness (QED) is 0.497. The van der Waals surface area contributed by atoms with Crippen molar-refractivity contribution in [1.29, 1.82) is 0 Å². The number of alkyl halides is 3. The van der Waals surface area contributed by atoms with Gasteiger partial charge in [0.25, 0.3) is 0 Å². The molecule has 0 amide bonds. The number of halogens is 3. The molecule has 0 radical (unpaired) electrons. The smallest absolute Gasteiger partial charge is 0.333 e. The summed E-state index contributed by atoms with van der Waals surface area (Å²) >= 11 is 1.41. The molecule has 0 fully saturated rings. The second-order valence-corrected chi connectivity index (χ2v) is 6.52. The molecule has 0 saturated heterocycles. The molecule has 0 unspecified atom stereocenters. The fourth-order valence-electron chi connectivity index (χ4n) is 2.56. The van der Waals surface area contributed by atoms with E-state index in [1.807, 2.05) is 36.4 Å². The summed E-state index contributed by atoms with van der Waals surface area (Å²) in [5.41, 5.74) is 2.02. The van der Waals surface area contributed by atoms with Crippen LogP contribution in [0.4, 0.5) is 13.2 Å². The SMILES string of the molecule is FC(F)(F)c1ccc2nc(SCc3ccc4ccccc4n3)[nH]c2c1. The van der Waals surface area contributed by atoms with Gasteiger partial charge in [0.15, 0.2) is 5.16 Å². The Balaban J connectivity index is 1.55. The molecule has 0 spiro atoms. The standard InChI is InChI=1S/C18H12F3N3S/c19-18(20,21)12-6-8-15-16(9-12)24-17(23-15)25-10-13-7-5-11-3-1-2-4-14(11)22-13/h1-9H,10H2,(H,23,24). The van der Waals surface area contributed by atoms with Crippen LogP contribution in [-0.4, -0.2) is 15.0 Å². The van der Waals surface area contributed by atoms with Crippen LogP contribution in [0.15, 0.2) is 59.8 Å². The number of rotatable bonds is 3. The average molecular weight is 359 g/mol. The number of fused-ring (bicyclic) bond motifs is 2. The van der Waals surface area contributed by atoms with Crippen molar-refractivity contribution < 1.29 is 13.2 Å². The van der Waals surface area contributed by atoms with Crippen LogP contribution in [0.5, 0.6) is 0 Å². The summed E-state index contributed by atoms with van der Waals surface area (Å²) in [4.78, 5) is 11.8. The van der Waals surface area contributed by atoms with Crippen molar-refractivity contribution in [3.8, 4) is 0 Å². The van der Waals surface area contributed by atoms with Crippen LogP contribution >= 0.6 is 11.8 Å². The highest BCUT2D eigenvalue weighted by Crippen LogP contribution is 2.32. The largest absolute Gasteiger partial charge is 0.416 e. The maximum absolute atomic E-state index is 12.8. The molecule has 1 N–H and O–H groups in total. The minimum absolute atomic E-state index is 0.379. The van der Waals surface area contributed by atoms with Crippen LogP contribution in [0.3, 0.4) is 0 Å². The van der Waals surface area contributed by atoms with E-state index in [1.54, 1.807) is 0 Å². The van der Waals surface area contributed by atoms with Gasteiger partial charge in [-0.3, -0.25) is 4.98 Å². The molecule has 4 rings (SSSR count). The maximum atomic E-state index is 12.8. The van der Waals surface area contributed by atoms with Gasteiger partial charge in [-0.25, -0.2) is 4.98 Å². The van der Waals surface area contributed by atoms with Crippen molar-refractivity contribution in [1.82, 2.24) is 15.0 Å². The molecule has 4 aromatic rings. The van der Waals surface area contributed by atoms with E-state index in [2.05, 4.69) is 15.0 Å². The first kappa shape index (κ1) is 16.0. The molecule has 2 aromatic carbocycles. The Labute approximate surface area is 145 Å². The average Bonchev–Trinajstić information content (AvgIpc) is 3.01. The molecule has 0 bridgehead atoms. The van der Waals surface area contributed by atoms with Crippen LogP contribution in [0.1, 0.15) is 11.3 Å². The molecular formula is C18H12F3N3S. The van der Waals surface area contributed by atoms with Gasteiger partial charge >= 0.3 is 6.18 Å². The normalized spacial score (nSPS) is 12.1. The number of hydrogen-bond donors (Lipinski definition) is 1. The van der Waals surface area contributed by atoms with Crippen molar-refractivity contribution in [2.45, 2.75) is 17.1 Å². The van der Waals surface area contributed by atoms with Gasteiger partial charge in [0.1, 0.15) is 0 Å². The lowest BCUT2D eigenvalue weighted by Crippen LogP contribution is -2.04. The fourth-order valence-corrected chi connectivity index (χ4v) is 3.35. The maximum Gasteiger partial charge on any atom is 0.416 e. The monoisotopic (exact) mass is 359 g/mol. The second-order valence-electron chi connectivity index (χ2n) is 5.56. The number of imidazole rings is 1. The third-order valence-electron chi connectivity index (χ3n) is 3.80. The van der Waals surface area contributed by atoms with Crippen molar-refractivity contribution in [3.63, 3.8) is 0 Å². The highest BCUT2D eigenvalue weighted by Gasteiger charge is 2.30. The van der Waals surface area contributed by atoms with Crippen LogP contribution in [0.2, 0.25) is 0 Å². The zero-order chi connectivity index (χ0) is 17.4. The summed E-state index contributed by atoms with van der Waals surface area (Å²) in [5.74, 6) is 0.580. The minimum Gasteiger partial charge on any atom is -0.333 e. The molecule has 2 heterocycles. The lowest BCUT2D eigenvalue weighted by Gasteiger charge is -2.05. The summed E-state index contributed by atoms with van der Waals surface area (Å²) in [5, 5.41) is 1.64. The Bertz CT molecular complexity index is 1060. The van der Waals surface area contributed by atoms with Crippen molar-refractivity contribution in [2.24, 2.45) is 0 Å². The van der Waals surface area contributed by atoms with E-state index >= 15 is 0 Å². The Kier molecular flexibility index (Phi) is 3.88. The third-order valence-corrected chi connectivity index (χ3v) is 4.71. The first-order chi connectivity index (χ1) is 12.0. The zero-order valence-corrected chi connectivity index (χ0v) is 13.7. The van der Waals surface area contributed by atoms with E-state index < -0.39 is 11.7 Å². The number of aromatic amines is 1. The van der Waals surface area contributed by atoms with Crippen molar-refractivity contribution in [2.75, 3.05) is 0 Å². The van der Waals surface area contributed by atoms with Gasteiger partial charge in [-0.2, -0.15) is 13.2 Å². The minimum atomic E-state index is -4.36. The fraction of sp³-hybridized carbons (Fsp3) is 0.111. The second kappa shape index (κ2) is 6.07. The molecule has 25 heavy (non-hydrogen) atoms. The Morgan fingerprint density at radius 2 is 1.76 bits per heavy atom. The zero-order valence-electron chi connectivity index (χ0n) is 12.8. The Morgan fingerprint density at radius 1 is 0.920 bits per heavy atom. The number of pyridine rings is 1. The van der Waals surface area contributed by atoms with Crippen molar-refractivity contribution in [3.05, 3.63) is 65.9 Å². The molecule has 0 aliphatic carbocycles. The molecule has 3 nitrogen and oxygen atoms in total. The number of aromatic nitrogens is 3. The summed E-state index contributed by atoms with van der Waals surface area (Å²) in [6, 6.07) is 15.3. The molecule has 126 valence electrons. The van der Waals surface area contributed by atoms with Crippen LogP contribution in [0, 0.1) is 0 Å². The molecule has 0 aliphatic heterocycles. The Morgan fingerprint density at radius 3 is 2.60 bits per heavy atom. The summed E-state index contributed by atoms with van der Waals surface area (Å²) in [6.45, 7) is 0. The van der Waals surface area contributed by atoms with E-state index in [0.29, 0.717) is 21.9 Å². The lowest BCUT2D eigenvalue weighted by atomic mass is 10.2. The van der Waals surface area contributed by atoms with Gasteiger partial charge in [-0.1, -0.05) is 36.0 Å². The van der Waals surface area contributed by atoms with Gasteiger partial charge in [0.05, 0.1) is 27.8 Å². The van der Waals surface area contributed by atoms with Gasteiger partial charge in [-0.05, 0) is 30.3 Å². The first-order valence-electron chi connectivity index (χ1n) is 7.53. The number of para-hydroxylation sites is 1. The van der Waals surface area contributed by atoms with Gasteiger partial charge in [0.2, 0.25) is 0 Å². The van der Waals surface area contributed by atoms with Crippen LogP contribution in [-0.2, 0) is 11.9 Å². The predicted octanol–water partition coefficient (Wildman–Crippen LogP) is 5.42. The van der Waals surface area contributed by atoms with Gasteiger partial charge in [0, 0.05) is 11.1 Å². The lowest BCUT2D eigenvalue weighted by molar-refractivity contribution is -0.137. The molecule has 2 aromatic heterocycles. The van der Waals surface area contributed by atoms with Crippen LogP contribution in [0.25, 0.3) is 21.9 Å². The van der Waals surface area contributed by atoms with E-state index in [4.69, 9.17) is 0 Å². The number of hydrogen-bond acceptors (Lipinski definition) is 3. The molecule has 0 aliphatic rings. The van der Waals surface area contributed by atoms with E-state index in [-0.39, 0.29) is 0 Å². The van der Waals surface area contributed by atoms with E-state index in [0.717, 1.165) is 28.7 Å². The molecule has 0 saturated carbocycles. The number of nitrogens with one attached hydrogen (secondary N) is 1. The van der Waals surface area contributed by atoms with E-state index in [1.165, 1.54) is 17.8 Å². The molecular weight excluding hydrogens is 347 g/mol. The number of H-pyrrole nitrogens is 1. The first-order valence-corrected chi connectivity index (χ1v) is 8.52. The summed E-state index contributed by atoms with van der Waals surface area (Å²) in [6.07, 6.45) is -4.36. The summed E-state index contributed by atoms with van der Waals surface area (Å²) < 4.78 is 38.3. The molecule has 0 atom stereocenters. The van der Waals surface area contributed by atoms with Crippen molar-refractivity contribution >= 4 is 33.7 Å². The van der Waals surface area contributed by atoms with Gasteiger partial charge < -0.3 is 4.98 Å². The van der Waals surface area contributed by atoms with Crippen LogP contribution < -0.4 is 0 Å². The number of thioether (sulfide) groups is 1. The third kappa shape index (κ3) is 3.32. The highest BCUT2D eigenvalue weighted by molar-refractivity contribution is 7.98. The number of benzene rings is 2. The Hall–Kier alpha value is -2.54. The topological polar surface area (TPSA) is 41.6 Å². The molecule has 7 heteroatoms. The number of nitrogens with zero attached hydrogens (tertiary/aromatic N) is 2. The summed E-state index contributed by atoms with van der Waals surface area (Å²) in [7, 11) is 0. The predicted molar refractivity (Wildman–Crippen MR) is 92.4 cm³/mol. The van der Waals surface area contributed by atoms with Gasteiger partial charge in [-0.15, -0.1) is 0 Å². The highest BCUT2D eigenvalue weighted by atomic mass is 32.2. The van der Waals surface area contributed by atoms with E-state index in [9.17, 15) is 13.2 Å².